The number of benzene rings is 1. The average Bonchev–Trinajstić information content (AvgIpc) is 2.74. The number of carbonyl (C=O) groups excluding carboxylic acids is 1. The number of nitrogen functional groups attached to an aromatic ring is 1. The normalized spacial score (nSPS) is 14.2. The predicted octanol–water partition coefficient (Wildman–Crippen LogP) is 4.04. The molecule has 1 aliphatic rings. The number of ketones is 1. The number of hydrogen-bond acceptors (Lipinski definition) is 3. The van der Waals surface area contributed by atoms with Crippen LogP contribution in [0.15, 0.2) is 24.3 Å². The second-order valence-corrected chi connectivity index (χ2v) is 7.17. The van der Waals surface area contributed by atoms with Crippen LogP contribution in [0.2, 0.25) is 0 Å². The Morgan fingerprint density at radius 3 is 2.58 bits per heavy atom. The molecule has 1 aliphatic carbocycles. The first-order chi connectivity index (χ1) is 9.16. The van der Waals surface area contributed by atoms with E-state index in [0.717, 1.165) is 34.0 Å². The average molecular weight is 383 g/mol. The van der Waals surface area contributed by atoms with Gasteiger partial charge in [0.15, 0.2) is 5.78 Å². The highest BCUT2D eigenvalue weighted by molar-refractivity contribution is 14.1. The number of halogens is 1. The third-order valence-corrected chi connectivity index (χ3v) is 5.37. The highest BCUT2D eigenvalue weighted by Crippen LogP contribution is 2.37. The third-order valence-electron chi connectivity index (χ3n) is 3.53. The Hall–Kier alpha value is -0.880. The molecule has 0 saturated heterocycles. The van der Waals surface area contributed by atoms with E-state index in [2.05, 4.69) is 22.6 Å². The minimum absolute atomic E-state index is 0.0771. The molecule has 1 heterocycles. The van der Waals surface area contributed by atoms with Crippen molar-refractivity contribution in [1.29, 1.82) is 0 Å². The number of thiophene rings is 1. The molecule has 3 rings (SSSR count). The van der Waals surface area contributed by atoms with Gasteiger partial charge in [-0.3, -0.25) is 4.79 Å². The number of carbonyl (C=O) groups is 1. The summed E-state index contributed by atoms with van der Waals surface area (Å²) in [5.74, 6) is 0.0771. The molecule has 0 unspecified atom stereocenters. The summed E-state index contributed by atoms with van der Waals surface area (Å²) in [6.45, 7) is 0. The SMILES string of the molecule is Nc1sc2c(c1C(=O)c1ccc(I)cc1)CCCC2. The van der Waals surface area contributed by atoms with E-state index >= 15 is 0 Å². The molecule has 0 radical (unpaired) electrons. The Bertz CT molecular complexity index is 630. The molecule has 1 aromatic heterocycles. The lowest BCUT2D eigenvalue weighted by Crippen LogP contribution is -2.09. The maximum atomic E-state index is 12.6. The minimum Gasteiger partial charge on any atom is -0.390 e. The molecule has 0 amide bonds. The van der Waals surface area contributed by atoms with Crippen LogP contribution in [-0.2, 0) is 12.8 Å². The standard InChI is InChI=1S/C15H14INOS/c16-10-7-5-9(6-8-10)14(18)13-11-3-1-2-4-12(11)19-15(13)17/h5-8H,1-4,17H2. The Morgan fingerprint density at radius 2 is 1.84 bits per heavy atom. The molecule has 19 heavy (non-hydrogen) atoms. The van der Waals surface area contributed by atoms with Crippen LogP contribution < -0.4 is 5.73 Å². The number of anilines is 1. The fraction of sp³-hybridized carbons (Fsp3) is 0.267. The molecule has 2 aromatic rings. The molecule has 0 saturated carbocycles. The van der Waals surface area contributed by atoms with Crippen molar-refractivity contribution >= 4 is 44.7 Å². The van der Waals surface area contributed by atoms with Gasteiger partial charge in [0.1, 0.15) is 0 Å². The Balaban J connectivity index is 2.04. The molecule has 1 aromatic carbocycles. The van der Waals surface area contributed by atoms with Crippen LogP contribution in [-0.4, -0.2) is 5.78 Å². The van der Waals surface area contributed by atoms with E-state index in [9.17, 15) is 4.79 Å². The fourth-order valence-electron chi connectivity index (χ4n) is 2.58. The lowest BCUT2D eigenvalue weighted by molar-refractivity contribution is 0.103. The van der Waals surface area contributed by atoms with Gasteiger partial charge >= 0.3 is 0 Å². The van der Waals surface area contributed by atoms with Gasteiger partial charge in [-0.2, -0.15) is 0 Å². The van der Waals surface area contributed by atoms with Gasteiger partial charge in [0.2, 0.25) is 0 Å². The fourth-order valence-corrected chi connectivity index (χ4v) is 4.10. The molecule has 2 nitrogen and oxygen atoms in total. The Morgan fingerprint density at radius 1 is 1.16 bits per heavy atom. The number of rotatable bonds is 2. The highest BCUT2D eigenvalue weighted by Gasteiger charge is 2.24. The maximum Gasteiger partial charge on any atom is 0.196 e. The lowest BCUT2D eigenvalue weighted by atomic mass is 9.92. The van der Waals surface area contributed by atoms with Crippen molar-refractivity contribution in [1.82, 2.24) is 0 Å². The van der Waals surface area contributed by atoms with Crippen molar-refractivity contribution in [3.8, 4) is 0 Å². The summed E-state index contributed by atoms with van der Waals surface area (Å²) in [6.07, 6.45) is 4.44. The van der Waals surface area contributed by atoms with Crippen molar-refractivity contribution in [2.45, 2.75) is 25.7 Å². The van der Waals surface area contributed by atoms with Crippen LogP contribution in [0.4, 0.5) is 5.00 Å². The van der Waals surface area contributed by atoms with Gasteiger partial charge in [-0.15, -0.1) is 11.3 Å². The van der Waals surface area contributed by atoms with E-state index in [1.54, 1.807) is 11.3 Å². The van der Waals surface area contributed by atoms with Crippen molar-refractivity contribution in [2.75, 3.05) is 5.73 Å². The first kappa shape index (κ1) is 13.1. The van der Waals surface area contributed by atoms with Crippen LogP contribution in [0.25, 0.3) is 0 Å². The molecule has 0 fully saturated rings. The summed E-state index contributed by atoms with van der Waals surface area (Å²) in [5, 5.41) is 0.690. The Labute approximate surface area is 130 Å². The quantitative estimate of drug-likeness (QED) is 0.628. The number of fused-ring (bicyclic) bond motifs is 1. The summed E-state index contributed by atoms with van der Waals surface area (Å²) in [6, 6.07) is 7.69. The van der Waals surface area contributed by atoms with E-state index < -0.39 is 0 Å². The van der Waals surface area contributed by atoms with Gasteiger partial charge in [-0.25, -0.2) is 0 Å². The molecule has 2 N–H and O–H groups in total. The highest BCUT2D eigenvalue weighted by atomic mass is 127. The molecule has 0 bridgehead atoms. The van der Waals surface area contributed by atoms with Crippen molar-refractivity contribution < 1.29 is 4.79 Å². The zero-order valence-electron chi connectivity index (χ0n) is 10.4. The van der Waals surface area contributed by atoms with E-state index in [-0.39, 0.29) is 5.78 Å². The molecule has 0 aliphatic heterocycles. The first-order valence-corrected chi connectivity index (χ1v) is 8.26. The van der Waals surface area contributed by atoms with Gasteiger partial charge in [-0.05, 0) is 78.1 Å². The smallest absolute Gasteiger partial charge is 0.196 e. The van der Waals surface area contributed by atoms with Gasteiger partial charge in [0, 0.05) is 14.0 Å². The summed E-state index contributed by atoms with van der Waals surface area (Å²) < 4.78 is 1.13. The zero-order chi connectivity index (χ0) is 13.4. The van der Waals surface area contributed by atoms with Crippen molar-refractivity contribution in [3.05, 3.63) is 49.4 Å². The van der Waals surface area contributed by atoms with E-state index in [0.29, 0.717) is 5.00 Å². The number of nitrogens with two attached hydrogens (primary N) is 1. The summed E-state index contributed by atoms with van der Waals surface area (Å²) in [7, 11) is 0. The molecular formula is C15H14INOS. The van der Waals surface area contributed by atoms with Crippen molar-refractivity contribution in [2.24, 2.45) is 0 Å². The summed E-state index contributed by atoms with van der Waals surface area (Å²) in [4.78, 5) is 14.0. The van der Waals surface area contributed by atoms with E-state index in [1.165, 1.54) is 16.9 Å². The second kappa shape index (κ2) is 5.25. The molecule has 4 heteroatoms. The monoisotopic (exact) mass is 383 g/mol. The second-order valence-electron chi connectivity index (χ2n) is 4.79. The van der Waals surface area contributed by atoms with Crippen LogP contribution in [0.5, 0.6) is 0 Å². The van der Waals surface area contributed by atoms with Crippen LogP contribution in [0, 0.1) is 3.57 Å². The zero-order valence-corrected chi connectivity index (χ0v) is 13.4. The van der Waals surface area contributed by atoms with Gasteiger partial charge in [0.05, 0.1) is 10.6 Å². The van der Waals surface area contributed by atoms with E-state index in [4.69, 9.17) is 5.73 Å². The van der Waals surface area contributed by atoms with Gasteiger partial charge in [-0.1, -0.05) is 0 Å². The van der Waals surface area contributed by atoms with E-state index in [1.807, 2.05) is 24.3 Å². The summed E-state index contributed by atoms with van der Waals surface area (Å²) >= 11 is 3.84. The topological polar surface area (TPSA) is 43.1 Å². The summed E-state index contributed by atoms with van der Waals surface area (Å²) in [5.41, 5.74) is 8.79. The largest absolute Gasteiger partial charge is 0.390 e. The molecule has 0 spiro atoms. The van der Waals surface area contributed by atoms with Crippen molar-refractivity contribution in [3.63, 3.8) is 0 Å². The number of hydrogen-bond donors (Lipinski definition) is 1. The molecule has 0 atom stereocenters. The van der Waals surface area contributed by atoms with Gasteiger partial charge < -0.3 is 5.73 Å². The Kier molecular flexibility index (Phi) is 3.62. The number of aryl methyl sites for hydroxylation is 1. The minimum atomic E-state index is 0.0771. The third kappa shape index (κ3) is 2.43. The maximum absolute atomic E-state index is 12.6. The van der Waals surface area contributed by atoms with Crippen LogP contribution in [0.3, 0.4) is 0 Å². The van der Waals surface area contributed by atoms with Crippen LogP contribution in [0.1, 0.15) is 39.2 Å². The molecular weight excluding hydrogens is 369 g/mol. The van der Waals surface area contributed by atoms with Crippen LogP contribution >= 0.6 is 33.9 Å². The lowest BCUT2D eigenvalue weighted by Gasteiger charge is -2.12. The van der Waals surface area contributed by atoms with Gasteiger partial charge in [0.25, 0.3) is 0 Å². The first-order valence-electron chi connectivity index (χ1n) is 6.37. The predicted molar refractivity (Wildman–Crippen MR) is 88.0 cm³/mol. The molecule has 98 valence electrons.